The normalized spacial score (nSPS) is 26.5. The highest BCUT2D eigenvalue weighted by Gasteiger charge is 2.33. The maximum atomic E-state index is 13.0. The number of nitrogens with zero attached hydrogens (tertiary/aromatic N) is 1. The lowest BCUT2D eigenvalue weighted by Crippen LogP contribution is -2.49. The molecule has 4 rings (SSSR count). The largest absolute Gasteiger partial charge is 0.376 e. The zero-order valence-corrected chi connectivity index (χ0v) is 20.3. The Kier molecular flexibility index (Phi) is 7.64. The van der Waals surface area contributed by atoms with Crippen LogP contribution in [0.1, 0.15) is 73.4 Å². The number of aryl methyl sites for hydroxylation is 3. The van der Waals surface area contributed by atoms with Crippen molar-refractivity contribution >= 4 is 11.0 Å². The molecule has 32 heavy (non-hydrogen) atoms. The summed E-state index contributed by atoms with van der Waals surface area (Å²) in [5, 5.41) is 0. The van der Waals surface area contributed by atoms with Crippen molar-refractivity contribution in [3.05, 3.63) is 69.1 Å². The van der Waals surface area contributed by atoms with Gasteiger partial charge in [-0.25, -0.2) is 8.93 Å². The van der Waals surface area contributed by atoms with Crippen molar-refractivity contribution in [3.63, 3.8) is 0 Å². The maximum Gasteiger partial charge on any atom is 0.254 e. The van der Waals surface area contributed by atoms with Crippen molar-refractivity contribution < 1.29 is 8.95 Å². The number of hydrogen-bond acceptors (Lipinski definition) is 3. The summed E-state index contributed by atoms with van der Waals surface area (Å²) < 4.78 is 23.9. The average Bonchev–Trinajstić information content (AvgIpc) is 2.81. The third-order valence-corrected chi connectivity index (χ3v) is 8.22. The number of hydrogen-bond donors (Lipinski definition) is 1. The lowest BCUT2D eigenvalue weighted by Gasteiger charge is -2.37. The van der Waals surface area contributed by atoms with Gasteiger partial charge < -0.3 is 9.30 Å². The van der Waals surface area contributed by atoms with Gasteiger partial charge in [0.25, 0.3) is 5.56 Å². The standard InChI is InChI=1S/C26H36N2O3S/c1-4-32(30)27-24-15-12-22-11-8-19(3)26(29)28(22)25(24)17-31-23-13-9-20(10-14-23)21-7-5-6-18(2)16-21/h5-8,11,16,20,23-25,27H,4,9-10,12-15,17H2,1-3H3. The van der Waals surface area contributed by atoms with Crippen LogP contribution in [0.2, 0.25) is 0 Å². The Hall–Kier alpha value is -1.76. The molecule has 2 aromatic rings. The Labute approximate surface area is 194 Å². The third-order valence-electron chi connectivity index (χ3n) is 7.13. The van der Waals surface area contributed by atoms with Crippen LogP contribution in [0.5, 0.6) is 0 Å². The van der Waals surface area contributed by atoms with E-state index >= 15 is 0 Å². The molecular weight excluding hydrogens is 420 g/mol. The minimum Gasteiger partial charge on any atom is -0.376 e. The summed E-state index contributed by atoms with van der Waals surface area (Å²) in [6, 6.07) is 12.7. The molecule has 1 N–H and O–H groups in total. The van der Waals surface area contributed by atoms with E-state index in [9.17, 15) is 9.00 Å². The third kappa shape index (κ3) is 5.24. The number of rotatable bonds is 7. The second-order valence-corrected chi connectivity index (χ2v) is 10.9. The molecule has 174 valence electrons. The highest BCUT2D eigenvalue weighted by atomic mass is 32.2. The Morgan fingerprint density at radius 2 is 1.88 bits per heavy atom. The summed E-state index contributed by atoms with van der Waals surface area (Å²) in [5.41, 5.74) is 4.61. The fraction of sp³-hybridized carbons (Fsp3) is 0.577. The van der Waals surface area contributed by atoms with Gasteiger partial charge in [-0.15, -0.1) is 0 Å². The molecule has 1 aliphatic carbocycles. The van der Waals surface area contributed by atoms with E-state index < -0.39 is 11.0 Å². The zero-order chi connectivity index (χ0) is 22.7. The molecular formula is C26H36N2O3S. The predicted molar refractivity (Wildman–Crippen MR) is 131 cm³/mol. The first-order valence-electron chi connectivity index (χ1n) is 12.0. The van der Waals surface area contributed by atoms with E-state index in [0.29, 0.717) is 18.3 Å². The van der Waals surface area contributed by atoms with Crippen molar-refractivity contribution in [1.29, 1.82) is 0 Å². The molecule has 0 spiro atoms. The minimum atomic E-state index is -1.09. The van der Waals surface area contributed by atoms with Gasteiger partial charge in [0.2, 0.25) is 0 Å². The fourth-order valence-electron chi connectivity index (χ4n) is 5.24. The maximum absolute atomic E-state index is 13.0. The molecule has 1 saturated carbocycles. The van der Waals surface area contributed by atoms with E-state index in [-0.39, 0.29) is 23.7 Å². The number of nitrogens with one attached hydrogen (secondary N) is 1. The number of pyridine rings is 1. The van der Waals surface area contributed by atoms with Gasteiger partial charge in [-0.3, -0.25) is 4.79 Å². The van der Waals surface area contributed by atoms with E-state index in [4.69, 9.17) is 4.74 Å². The topological polar surface area (TPSA) is 60.3 Å². The van der Waals surface area contributed by atoms with Crippen molar-refractivity contribution in [1.82, 2.24) is 9.29 Å². The van der Waals surface area contributed by atoms with E-state index in [1.54, 1.807) is 0 Å². The van der Waals surface area contributed by atoms with Gasteiger partial charge in [0, 0.05) is 23.1 Å². The van der Waals surface area contributed by atoms with Crippen LogP contribution in [-0.2, 0) is 22.1 Å². The van der Waals surface area contributed by atoms with Crippen LogP contribution in [0.25, 0.3) is 0 Å². The average molecular weight is 457 g/mol. The molecule has 3 atom stereocenters. The summed E-state index contributed by atoms with van der Waals surface area (Å²) >= 11 is 0. The summed E-state index contributed by atoms with van der Waals surface area (Å²) in [5.74, 6) is 1.17. The van der Waals surface area contributed by atoms with Gasteiger partial charge in [0.05, 0.1) is 29.7 Å². The lowest BCUT2D eigenvalue weighted by atomic mass is 9.82. The van der Waals surface area contributed by atoms with Crippen molar-refractivity contribution in [2.75, 3.05) is 12.4 Å². The SMILES string of the molecule is CCS(=O)NC1CCc2ccc(C)c(=O)n2C1COC1CCC(c2cccc(C)c2)CC1. The highest BCUT2D eigenvalue weighted by molar-refractivity contribution is 7.83. The van der Waals surface area contributed by atoms with Crippen molar-refractivity contribution in [3.8, 4) is 0 Å². The predicted octanol–water partition coefficient (Wildman–Crippen LogP) is 4.34. The number of ether oxygens (including phenoxy) is 1. The Balaban J connectivity index is 1.44. The van der Waals surface area contributed by atoms with Crippen LogP contribution in [0.4, 0.5) is 0 Å². The number of fused-ring (bicyclic) bond motifs is 1. The van der Waals surface area contributed by atoms with Gasteiger partial charge in [-0.05, 0) is 69.9 Å². The molecule has 0 saturated heterocycles. The van der Waals surface area contributed by atoms with Crippen LogP contribution in [0.3, 0.4) is 0 Å². The highest BCUT2D eigenvalue weighted by Crippen LogP contribution is 2.35. The smallest absolute Gasteiger partial charge is 0.254 e. The molecule has 6 heteroatoms. The first-order chi connectivity index (χ1) is 15.5. The molecule has 3 unspecified atom stereocenters. The molecule has 1 fully saturated rings. The summed E-state index contributed by atoms with van der Waals surface area (Å²) in [6.45, 7) is 6.41. The lowest BCUT2D eigenvalue weighted by molar-refractivity contribution is -0.00161. The quantitative estimate of drug-likeness (QED) is 0.674. The fourth-order valence-corrected chi connectivity index (χ4v) is 6.02. The molecule has 1 aliphatic heterocycles. The molecule has 5 nitrogen and oxygen atoms in total. The molecule has 1 aromatic carbocycles. The second kappa shape index (κ2) is 10.4. The van der Waals surface area contributed by atoms with Crippen LogP contribution in [-0.4, -0.2) is 33.3 Å². The van der Waals surface area contributed by atoms with Crippen molar-refractivity contribution in [2.45, 2.75) is 83.4 Å². The van der Waals surface area contributed by atoms with Gasteiger partial charge >= 0.3 is 0 Å². The molecule has 2 heterocycles. The van der Waals surface area contributed by atoms with E-state index in [1.165, 1.54) is 11.1 Å². The van der Waals surface area contributed by atoms with E-state index in [0.717, 1.165) is 49.8 Å². The molecule has 0 bridgehead atoms. The monoisotopic (exact) mass is 456 g/mol. The van der Waals surface area contributed by atoms with E-state index in [1.807, 2.05) is 24.5 Å². The Morgan fingerprint density at radius 3 is 2.59 bits per heavy atom. The van der Waals surface area contributed by atoms with Gasteiger partial charge in [0.1, 0.15) is 0 Å². The minimum absolute atomic E-state index is 0.0218. The second-order valence-electron chi connectivity index (χ2n) is 9.37. The zero-order valence-electron chi connectivity index (χ0n) is 19.5. The number of benzene rings is 1. The van der Waals surface area contributed by atoms with Crippen LogP contribution < -0.4 is 10.3 Å². The van der Waals surface area contributed by atoms with Gasteiger partial charge in [-0.2, -0.15) is 0 Å². The Bertz CT molecular complexity index is 1010. The first kappa shape index (κ1) is 23.4. The van der Waals surface area contributed by atoms with Crippen LogP contribution in [0.15, 0.2) is 41.2 Å². The van der Waals surface area contributed by atoms with Gasteiger partial charge in [-0.1, -0.05) is 42.8 Å². The summed E-state index contributed by atoms with van der Waals surface area (Å²) in [4.78, 5) is 13.0. The van der Waals surface area contributed by atoms with Crippen molar-refractivity contribution in [2.24, 2.45) is 0 Å². The summed E-state index contributed by atoms with van der Waals surface area (Å²) in [6.07, 6.45) is 6.25. The first-order valence-corrected chi connectivity index (χ1v) is 13.3. The molecule has 0 amide bonds. The van der Waals surface area contributed by atoms with Crippen LogP contribution >= 0.6 is 0 Å². The van der Waals surface area contributed by atoms with E-state index in [2.05, 4.69) is 42.0 Å². The summed E-state index contributed by atoms with van der Waals surface area (Å²) in [7, 11) is -1.09. The van der Waals surface area contributed by atoms with Gasteiger partial charge in [0.15, 0.2) is 0 Å². The molecule has 1 aromatic heterocycles. The molecule has 2 aliphatic rings. The Morgan fingerprint density at radius 1 is 1.09 bits per heavy atom. The molecule has 0 radical (unpaired) electrons. The van der Waals surface area contributed by atoms with Crippen LogP contribution in [0, 0.1) is 13.8 Å². The number of aromatic nitrogens is 1.